The second-order valence-corrected chi connectivity index (χ2v) is 11.5. The molecule has 6 rings (SSSR count). The lowest BCUT2D eigenvalue weighted by Crippen LogP contribution is -2.50. The number of piperidine rings is 1. The number of aromatic nitrogens is 3. The summed E-state index contributed by atoms with van der Waals surface area (Å²) in [7, 11) is 3.57. The van der Waals surface area contributed by atoms with Gasteiger partial charge in [-0.25, -0.2) is 9.37 Å². The molecular weight excluding hydrogens is 533 g/mol. The van der Waals surface area contributed by atoms with Gasteiger partial charge in [-0.2, -0.15) is 0 Å². The van der Waals surface area contributed by atoms with Crippen LogP contribution in [0.2, 0.25) is 0 Å². The maximum Gasteiger partial charge on any atom is 0.254 e. The van der Waals surface area contributed by atoms with Crippen LogP contribution in [0.25, 0.3) is 32.8 Å². The van der Waals surface area contributed by atoms with Gasteiger partial charge in [0.1, 0.15) is 17.4 Å². The summed E-state index contributed by atoms with van der Waals surface area (Å²) < 4.78 is 26.5. The molecule has 1 aromatic carbocycles. The molecule has 3 aromatic heterocycles. The molecule has 2 aliphatic rings. The Balaban J connectivity index is 1.46. The van der Waals surface area contributed by atoms with Gasteiger partial charge >= 0.3 is 0 Å². The Hall–Kier alpha value is -2.43. The molecule has 7 nitrogen and oxygen atoms in total. The largest absolute Gasteiger partial charge is 0.494 e. The van der Waals surface area contributed by atoms with Gasteiger partial charge in [-0.1, -0.05) is 0 Å². The molecule has 184 valence electrons. The van der Waals surface area contributed by atoms with Crippen molar-refractivity contribution in [2.75, 3.05) is 20.2 Å². The van der Waals surface area contributed by atoms with Crippen molar-refractivity contribution in [3.8, 4) is 17.3 Å². The molecular formula is C25H27BrFN5O2S. The van der Waals surface area contributed by atoms with Crippen LogP contribution < -0.4 is 10.5 Å². The lowest BCUT2D eigenvalue weighted by molar-refractivity contribution is 0.0606. The first-order valence-electron chi connectivity index (χ1n) is 11.8. The number of carbonyl (C=O) groups excluding carboxylic acids is 1. The summed E-state index contributed by atoms with van der Waals surface area (Å²) >= 11 is 5.44. The van der Waals surface area contributed by atoms with E-state index in [9.17, 15) is 9.18 Å². The fraction of sp³-hybridized carbons (Fsp3) is 0.440. The highest BCUT2D eigenvalue weighted by Crippen LogP contribution is 2.41. The normalized spacial score (nSPS) is 20.8. The van der Waals surface area contributed by atoms with Crippen LogP contribution in [0.3, 0.4) is 0 Å². The lowest BCUT2D eigenvalue weighted by Gasteiger charge is -2.33. The Morgan fingerprint density at radius 2 is 2.09 bits per heavy atom. The predicted molar refractivity (Wildman–Crippen MR) is 140 cm³/mol. The van der Waals surface area contributed by atoms with Gasteiger partial charge in [0.05, 0.1) is 39.6 Å². The number of aryl methyl sites for hydroxylation is 1. The van der Waals surface area contributed by atoms with Gasteiger partial charge in [0.2, 0.25) is 0 Å². The number of likely N-dealkylation sites (tertiary alicyclic amines) is 1. The van der Waals surface area contributed by atoms with Crippen molar-refractivity contribution >= 4 is 54.4 Å². The minimum Gasteiger partial charge on any atom is -0.494 e. The van der Waals surface area contributed by atoms with E-state index in [-0.39, 0.29) is 24.9 Å². The number of thiophene rings is 1. The Kier molecular flexibility index (Phi) is 5.65. The molecule has 1 saturated heterocycles. The maximum absolute atomic E-state index is 14.1. The minimum atomic E-state index is -1.11. The number of hydrogen-bond donors (Lipinski definition) is 1. The van der Waals surface area contributed by atoms with Gasteiger partial charge in [-0.15, -0.1) is 11.3 Å². The van der Waals surface area contributed by atoms with Crippen LogP contribution in [0.1, 0.15) is 29.6 Å². The highest BCUT2D eigenvalue weighted by atomic mass is 79.9. The molecule has 2 fully saturated rings. The number of halogens is 2. The average molecular weight is 560 g/mol. The van der Waals surface area contributed by atoms with Crippen molar-refractivity contribution < 1.29 is 13.9 Å². The van der Waals surface area contributed by atoms with E-state index < -0.39 is 6.17 Å². The van der Waals surface area contributed by atoms with Gasteiger partial charge in [0.15, 0.2) is 5.82 Å². The highest BCUT2D eigenvalue weighted by Gasteiger charge is 2.30. The van der Waals surface area contributed by atoms with Crippen molar-refractivity contribution in [3.63, 3.8) is 0 Å². The zero-order chi connectivity index (χ0) is 24.4. The molecule has 4 aromatic rings. The van der Waals surface area contributed by atoms with Crippen molar-refractivity contribution in [2.24, 2.45) is 18.7 Å². The highest BCUT2D eigenvalue weighted by molar-refractivity contribution is 9.10. The van der Waals surface area contributed by atoms with E-state index in [4.69, 9.17) is 15.5 Å². The number of benzene rings is 1. The van der Waals surface area contributed by atoms with E-state index in [0.29, 0.717) is 29.3 Å². The third-order valence-electron chi connectivity index (χ3n) is 7.06. The molecule has 10 heteroatoms. The predicted octanol–water partition coefficient (Wildman–Crippen LogP) is 4.95. The van der Waals surface area contributed by atoms with E-state index in [0.717, 1.165) is 28.1 Å². The van der Waals surface area contributed by atoms with Gasteiger partial charge in [0.25, 0.3) is 5.91 Å². The van der Waals surface area contributed by atoms with Crippen molar-refractivity contribution in [3.05, 3.63) is 33.6 Å². The van der Waals surface area contributed by atoms with Crippen LogP contribution in [0, 0.1) is 5.92 Å². The summed E-state index contributed by atoms with van der Waals surface area (Å²) in [6.07, 6.45) is 1.68. The van der Waals surface area contributed by atoms with Crippen LogP contribution in [-0.4, -0.2) is 57.3 Å². The van der Waals surface area contributed by atoms with Crippen molar-refractivity contribution in [2.45, 2.75) is 38.0 Å². The Morgan fingerprint density at radius 1 is 1.29 bits per heavy atom. The second kappa shape index (κ2) is 8.60. The van der Waals surface area contributed by atoms with E-state index in [1.807, 2.05) is 11.6 Å². The van der Waals surface area contributed by atoms with Crippen LogP contribution in [-0.2, 0) is 13.6 Å². The number of nitrogens with two attached hydrogens (primary N) is 1. The van der Waals surface area contributed by atoms with Gasteiger partial charge in [-0.3, -0.25) is 4.79 Å². The molecule has 1 saturated carbocycles. The topological polar surface area (TPSA) is 78.3 Å². The third-order valence-corrected chi connectivity index (χ3v) is 8.89. The summed E-state index contributed by atoms with van der Waals surface area (Å²) in [6.45, 7) is 1.35. The SMILES string of the molecule is COc1cc(C(=O)N2C[C@H](N)C[C@@H](F)C2)cc2nc(-c3cc4scc(Br)c4n3CC3CC3)n(C)c12. The monoisotopic (exact) mass is 559 g/mol. The summed E-state index contributed by atoms with van der Waals surface area (Å²) in [5.41, 5.74) is 10.1. The zero-order valence-corrected chi connectivity index (χ0v) is 22.0. The average Bonchev–Trinajstić information content (AvgIpc) is 3.35. The molecule has 0 bridgehead atoms. The first-order valence-corrected chi connectivity index (χ1v) is 13.5. The quantitative estimate of drug-likeness (QED) is 0.375. The summed E-state index contributed by atoms with van der Waals surface area (Å²) in [6, 6.07) is 5.34. The van der Waals surface area contributed by atoms with Gasteiger partial charge in [-0.05, 0) is 59.3 Å². The summed E-state index contributed by atoms with van der Waals surface area (Å²) in [4.78, 5) is 19.8. The second-order valence-electron chi connectivity index (χ2n) is 9.72. The van der Waals surface area contributed by atoms with Gasteiger partial charge < -0.3 is 24.5 Å². The number of carbonyl (C=O) groups is 1. The number of rotatable bonds is 5. The van der Waals surface area contributed by atoms with Crippen LogP contribution in [0.5, 0.6) is 5.75 Å². The number of ether oxygens (including phenoxy) is 1. The standard InChI is InChI=1S/C25H27BrFN5O2S/c1-30-23-18(5-14(6-20(23)34-2)25(33)31-10-15(27)7-16(28)11-31)29-24(30)19-8-21-22(17(26)12-35-21)32(19)9-13-3-4-13/h5-6,8,12-13,15-16H,3-4,7,9-11,28H2,1-2H3/t15-,16-/m1/s1. The lowest BCUT2D eigenvalue weighted by atomic mass is 10.0. The van der Waals surface area contributed by atoms with Crippen molar-refractivity contribution in [1.82, 2.24) is 19.0 Å². The Bertz CT molecular complexity index is 1450. The number of hydrogen-bond acceptors (Lipinski definition) is 5. The summed E-state index contributed by atoms with van der Waals surface area (Å²) in [5.74, 6) is 1.83. The first kappa shape index (κ1) is 23.0. The van der Waals surface area contributed by atoms with Crippen LogP contribution in [0.15, 0.2) is 28.1 Å². The zero-order valence-electron chi connectivity index (χ0n) is 19.6. The number of amides is 1. The molecule has 0 radical (unpaired) electrons. The Labute approximate surface area is 214 Å². The Morgan fingerprint density at radius 3 is 2.80 bits per heavy atom. The number of imidazole rings is 1. The molecule has 0 unspecified atom stereocenters. The number of methoxy groups -OCH3 is 1. The summed E-state index contributed by atoms with van der Waals surface area (Å²) in [5, 5.41) is 2.13. The molecule has 35 heavy (non-hydrogen) atoms. The van der Waals surface area contributed by atoms with Crippen LogP contribution >= 0.6 is 27.3 Å². The van der Waals surface area contributed by atoms with Crippen LogP contribution in [0.4, 0.5) is 4.39 Å². The molecule has 2 N–H and O–H groups in total. The molecule has 0 spiro atoms. The van der Waals surface area contributed by atoms with E-state index in [2.05, 4.69) is 31.9 Å². The fourth-order valence-electron chi connectivity index (χ4n) is 5.21. The maximum atomic E-state index is 14.1. The number of alkyl halides is 1. The number of fused-ring (bicyclic) bond motifs is 2. The number of nitrogens with zero attached hydrogens (tertiary/aromatic N) is 4. The first-order chi connectivity index (χ1) is 16.8. The molecule has 4 heterocycles. The minimum absolute atomic E-state index is 0.0562. The van der Waals surface area contributed by atoms with Crippen molar-refractivity contribution in [1.29, 1.82) is 0 Å². The van der Waals surface area contributed by atoms with E-state index in [1.54, 1.807) is 30.6 Å². The third kappa shape index (κ3) is 3.95. The van der Waals surface area contributed by atoms with Gasteiger partial charge in [0, 0.05) is 37.1 Å². The van der Waals surface area contributed by atoms with E-state index >= 15 is 0 Å². The molecule has 1 amide bonds. The smallest absolute Gasteiger partial charge is 0.254 e. The van der Waals surface area contributed by atoms with E-state index in [1.165, 1.54) is 28.0 Å². The fourth-order valence-corrected chi connectivity index (χ4v) is 6.90. The molecule has 1 aliphatic carbocycles. The molecule has 1 aliphatic heterocycles. The molecule has 2 atom stereocenters.